The second-order valence-electron chi connectivity index (χ2n) is 9.14. The number of thioether (sulfide) groups is 1. The normalized spacial score (nSPS) is 18.5. The van der Waals surface area contributed by atoms with Gasteiger partial charge in [-0.2, -0.15) is 0 Å². The van der Waals surface area contributed by atoms with Gasteiger partial charge in [0.15, 0.2) is 0 Å². The van der Waals surface area contributed by atoms with Crippen molar-refractivity contribution in [1.82, 2.24) is 5.32 Å². The first-order valence-electron chi connectivity index (χ1n) is 11.5. The number of amides is 1. The standard InChI is InChI=1S/C29H31NO2S/c1-20(2)24-15-14-21(3)18-26(24)33-27-25(31)19-29(30-28(27)32,23-12-8-5-9-13-23)17-16-22-10-6-4-7-11-22/h4-15,18,20,31H,16-17,19H2,1-3H3,(H,30,32). The second kappa shape index (κ2) is 9.88. The lowest BCUT2D eigenvalue weighted by atomic mass is 9.79. The van der Waals surface area contributed by atoms with Gasteiger partial charge < -0.3 is 10.4 Å². The summed E-state index contributed by atoms with van der Waals surface area (Å²) < 4.78 is 0. The molecule has 0 radical (unpaired) electrons. The number of hydrogen-bond acceptors (Lipinski definition) is 3. The Bertz CT molecular complexity index is 1150. The largest absolute Gasteiger partial charge is 0.511 e. The van der Waals surface area contributed by atoms with Crippen molar-refractivity contribution < 1.29 is 9.90 Å². The third-order valence-electron chi connectivity index (χ3n) is 6.30. The molecule has 1 aliphatic rings. The Morgan fingerprint density at radius 1 is 1.00 bits per heavy atom. The molecule has 0 spiro atoms. The maximum atomic E-state index is 13.4. The van der Waals surface area contributed by atoms with Gasteiger partial charge in [-0.15, -0.1) is 0 Å². The van der Waals surface area contributed by atoms with Gasteiger partial charge in [-0.25, -0.2) is 0 Å². The molecular formula is C29H31NO2S. The summed E-state index contributed by atoms with van der Waals surface area (Å²) in [5.41, 5.74) is 3.91. The predicted molar refractivity (Wildman–Crippen MR) is 136 cm³/mol. The van der Waals surface area contributed by atoms with Crippen molar-refractivity contribution in [3.05, 3.63) is 112 Å². The number of hydrogen-bond donors (Lipinski definition) is 2. The number of aliphatic hydroxyl groups is 1. The molecule has 1 amide bonds. The lowest BCUT2D eigenvalue weighted by molar-refractivity contribution is -0.120. The molecule has 0 saturated heterocycles. The first kappa shape index (κ1) is 23.2. The fraction of sp³-hybridized carbons (Fsp3) is 0.276. The second-order valence-corrected chi connectivity index (χ2v) is 10.2. The van der Waals surface area contributed by atoms with Gasteiger partial charge in [0.2, 0.25) is 0 Å². The van der Waals surface area contributed by atoms with E-state index in [1.807, 2.05) is 55.5 Å². The van der Waals surface area contributed by atoms with Crippen LogP contribution in [0.4, 0.5) is 0 Å². The third kappa shape index (κ3) is 5.17. The maximum Gasteiger partial charge on any atom is 0.262 e. The van der Waals surface area contributed by atoms with Crippen LogP contribution in [0.25, 0.3) is 0 Å². The maximum absolute atomic E-state index is 13.4. The minimum Gasteiger partial charge on any atom is -0.511 e. The molecule has 1 heterocycles. The fourth-order valence-electron chi connectivity index (χ4n) is 4.47. The molecular weight excluding hydrogens is 426 g/mol. The van der Waals surface area contributed by atoms with E-state index in [-0.39, 0.29) is 11.7 Å². The van der Waals surface area contributed by atoms with Gasteiger partial charge >= 0.3 is 0 Å². The third-order valence-corrected chi connectivity index (χ3v) is 7.50. The van der Waals surface area contributed by atoms with Gasteiger partial charge in [0.1, 0.15) is 10.7 Å². The molecule has 33 heavy (non-hydrogen) atoms. The van der Waals surface area contributed by atoms with Gasteiger partial charge in [0.25, 0.3) is 5.91 Å². The predicted octanol–water partition coefficient (Wildman–Crippen LogP) is 7.03. The van der Waals surface area contributed by atoms with Gasteiger partial charge in [0.05, 0.1) is 5.54 Å². The monoisotopic (exact) mass is 457 g/mol. The SMILES string of the molecule is Cc1ccc(C(C)C)c(SC2=C(O)CC(CCc3ccccc3)(c3ccccc3)NC2=O)c1. The van der Waals surface area contributed by atoms with Crippen LogP contribution in [0.5, 0.6) is 0 Å². The molecule has 3 aromatic rings. The molecule has 4 heteroatoms. The van der Waals surface area contributed by atoms with Gasteiger partial charge in [-0.1, -0.05) is 98.4 Å². The van der Waals surface area contributed by atoms with E-state index < -0.39 is 5.54 Å². The molecule has 1 unspecified atom stereocenters. The van der Waals surface area contributed by atoms with Crippen LogP contribution in [0.1, 0.15) is 54.9 Å². The lowest BCUT2D eigenvalue weighted by Gasteiger charge is -2.39. The van der Waals surface area contributed by atoms with Gasteiger partial charge in [-0.3, -0.25) is 4.79 Å². The van der Waals surface area contributed by atoms with Crippen molar-refractivity contribution in [3.63, 3.8) is 0 Å². The zero-order valence-electron chi connectivity index (χ0n) is 19.5. The Kier molecular flexibility index (Phi) is 6.94. The van der Waals surface area contributed by atoms with Gasteiger partial charge in [0, 0.05) is 11.3 Å². The smallest absolute Gasteiger partial charge is 0.262 e. The summed E-state index contributed by atoms with van der Waals surface area (Å²) in [5, 5.41) is 14.5. The van der Waals surface area contributed by atoms with E-state index in [4.69, 9.17) is 0 Å². The number of benzene rings is 3. The van der Waals surface area contributed by atoms with Crippen LogP contribution < -0.4 is 5.32 Å². The highest BCUT2D eigenvalue weighted by Crippen LogP contribution is 2.43. The Balaban J connectivity index is 1.67. The fourth-order valence-corrected chi connectivity index (χ4v) is 5.69. The zero-order valence-corrected chi connectivity index (χ0v) is 20.3. The Hall–Kier alpha value is -2.98. The van der Waals surface area contributed by atoms with Crippen LogP contribution in [0.2, 0.25) is 0 Å². The minimum absolute atomic E-state index is 0.164. The molecule has 2 N–H and O–H groups in total. The summed E-state index contributed by atoms with van der Waals surface area (Å²) in [4.78, 5) is 14.8. The molecule has 0 saturated carbocycles. The highest BCUT2D eigenvalue weighted by Gasteiger charge is 2.41. The molecule has 4 rings (SSSR count). The summed E-state index contributed by atoms with van der Waals surface area (Å²) in [7, 11) is 0. The van der Waals surface area contributed by atoms with E-state index in [2.05, 4.69) is 49.5 Å². The summed E-state index contributed by atoms with van der Waals surface area (Å²) in [6.45, 7) is 6.34. The molecule has 0 bridgehead atoms. The van der Waals surface area contributed by atoms with E-state index in [9.17, 15) is 9.90 Å². The van der Waals surface area contributed by atoms with Crippen molar-refractivity contribution in [2.75, 3.05) is 0 Å². The molecule has 0 aliphatic carbocycles. The zero-order chi connectivity index (χ0) is 23.4. The number of carbonyl (C=O) groups is 1. The van der Waals surface area contributed by atoms with E-state index in [1.165, 1.54) is 22.9 Å². The van der Waals surface area contributed by atoms with Crippen molar-refractivity contribution in [2.45, 2.75) is 56.4 Å². The summed E-state index contributed by atoms with van der Waals surface area (Å²) in [6, 6.07) is 26.6. The van der Waals surface area contributed by atoms with E-state index in [0.717, 1.165) is 22.4 Å². The van der Waals surface area contributed by atoms with Crippen LogP contribution >= 0.6 is 11.8 Å². The molecule has 3 nitrogen and oxygen atoms in total. The first-order valence-corrected chi connectivity index (χ1v) is 12.3. The Morgan fingerprint density at radius 3 is 2.30 bits per heavy atom. The number of nitrogens with one attached hydrogen (secondary N) is 1. The van der Waals surface area contributed by atoms with E-state index >= 15 is 0 Å². The van der Waals surface area contributed by atoms with Gasteiger partial charge in [-0.05, 0) is 54.0 Å². The highest BCUT2D eigenvalue weighted by atomic mass is 32.2. The first-order chi connectivity index (χ1) is 15.9. The van der Waals surface area contributed by atoms with Crippen molar-refractivity contribution in [1.29, 1.82) is 0 Å². The summed E-state index contributed by atoms with van der Waals surface area (Å²) >= 11 is 1.38. The molecule has 170 valence electrons. The number of carbonyl (C=O) groups excluding carboxylic acids is 1. The summed E-state index contributed by atoms with van der Waals surface area (Å²) in [5.74, 6) is 0.283. The van der Waals surface area contributed by atoms with Crippen LogP contribution in [0, 0.1) is 6.92 Å². The molecule has 3 aromatic carbocycles. The molecule has 1 aliphatic heterocycles. The average Bonchev–Trinajstić information content (AvgIpc) is 2.81. The Labute approximate surface area is 200 Å². The number of aliphatic hydroxyl groups excluding tert-OH is 1. The molecule has 0 aromatic heterocycles. The Morgan fingerprint density at radius 2 is 1.67 bits per heavy atom. The quantitative estimate of drug-likeness (QED) is 0.400. The topological polar surface area (TPSA) is 49.3 Å². The molecule has 1 atom stereocenters. The highest BCUT2D eigenvalue weighted by molar-refractivity contribution is 8.04. The molecule has 0 fully saturated rings. The van der Waals surface area contributed by atoms with E-state index in [1.54, 1.807) is 0 Å². The van der Waals surface area contributed by atoms with Crippen molar-refractivity contribution in [2.24, 2.45) is 0 Å². The lowest BCUT2D eigenvalue weighted by Crippen LogP contribution is -2.50. The average molecular weight is 458 g/mol. The number of rotatable bonds is 7. The van der Waals surface area contributed by atoms with Crippen molar-refractivity contribution >= 4 is 17.7 Å². The van der Waals surface area contributed by atoms with Crippen molar-refractivity contribution in [3.8, 4) is 0 Å². The summed E-state index contributed by atoms with van der Waals surface area (Å²) in [6.07, 6.45) is 1.89. The van der Waals surface area contributed by atoms with E-state index in [0.29, 0.717) is 23.7 Å². The number of aryl methyl sites for hydroxylation is 2. The van der Waals surface area contributed by atoms with Crippen LogP contribution in [0.3, 0.4) is 0 Å². The van der Waals surface area contributed by atoms with Crippen LogP contribution in [-0.2, 0) is 16.8 Å². The van der Waals surface area contributed by atoms with Crippen LogP contribution in [0.15, 0.2) is 94.4 Å². The minimum atomic E-state index is -0.643. The van der Waals surface area contributed by atoms with Crippen LogP contribution in [-0.4, -0.2) is 11.0 Å².